The van der Waals surface area contributed by atoms with Crippen LogP contribution in [0, 0.1) is 11.8 Å². The molecule has 0 N–H and O–H groups in total. The van der Waals surface area contributed by atoms with E-state index in [-0.39, 0.29) is 0 Å². The van der Waals surface area contributed by atoms with Crippen molar-refractivity contribution in [2.75, 3.05) is 7.05 Å². The molecular weight excluding hydrogens is 182 g/mol. The van der Waals surface area contributed by atoms with Crippen molar-refractivity contribution in [3.8, 4) is 0 Å². The van der Waals surface area contributed by atoms with Crippen molar-refractivity contribution in [2.24, 2.45) is 11.8 Å². The molecule has 0 aromatic heterocycles. The third kappa shape index (κ3) is 2.22. The van der Waals surface area contributed by atoms with Crippen LogP contribution in [0.5, 0.6) is 0 Å². The molecule has 0 aromatic carbocycles. The van der Waals surface area contributed by atoms with Gasteiger partial charge in [0.05, 0.1) is 0 Å². The van der Waals surface area contributed by atoms with Crippen LogP contribution in [0.15, 0.2) is 0 Å². The van der Waals surface area contributed by atoms with Crippen LogP contribution in [-0.4, -0.2) is 24.0 Å². The first-order chi connectivity index (χ1) is 7.24. The lowest BCUT2D eigenvalue weighted by molar-refractivity contribution is 0.0146. The van der Waals surface area contributed by atoms with Gasteiger partial charge in [-0.3, -0.25) is 0 Å². The lowest BCUT2D eigenvalue weighted by atomic mass is 9.68. The van der Waals surface area contributed by atoms with Crippen molar-refractivity contribution < 1.29 is 0 Å². The van der Waals surface area contributed by atoms with Gasteiger partial charge in [-0.25, -0.2) is 0 Å². The Labute approximate surface area is 95.2 Å². The molecule has 1 heteroatoms. The van der Waals surface area contributed by atoms with E-state index in [9.17, 15) is 0 Å². The molecule has 2 saturated carbocycles. The number of hydrogen-bond donors (Lipinski definition) is 0. The van der Waals surface area contributed by atoms with E-state index in [4.69, 9.17) is 0 Å². The van der Waals surface area contributed by atoms with Crippen LogP contribution in [-0.2, 0) is 0 Å². The Morgan fingerprint density at radius 1 is 1.20 bits per heavy atom. The number of rotatable bonds is 5. The summed E-state index contributed by atoms with van der Waals surface area (Å²) in [5.41, 5.74) is 0. The summed E-state index contributed by atoms with van der Waals surface area (Å²) < 4.78 is 0. The summed E-state index contributed by atoms with van der Waals surface area (Å²) >= 11 is 0. The van der Waals surface area contributed by atoms with Gasteiger partial charge in [0.25, 0.3) is 0 Å². The van der Waals surface area contributed by atoms with E-state index in [0.29, 0.717) is 0 Å². The van der Waals surface area contributed by atoms with Gasteiger partial charge in [0, 0.05) is 12.1 Å². The van der Waals surface area contributed by atoms with Crippen LogP contribution in [0.25, 0.3) is 0 Å². The quantitative estimate of drug-likeness (QED) is 0.667. The Morgan fingerprint density at radius 3 is 2.27 bits per heavy atom. The highest BCUT2D eigenvalue weighted by Gasteiger charge is 2.38. The van der Waals surface area contributed by atoms with Gasteiger partial charge in [0.2, 0.25) is 0 Å². The average molecular weight is 209 g/mol. The molecule has 3 unspecified atom stereocenters. The topological polar surface area (TPSA) is 3.24 Å². The van der Waals surface area contributed by atoms with E-state index in [1.54, 1.807) is 0 Å². The van der Waals surface area contributed by atoms with Crippen molar-refractivity contribution in [1.29, 1.82) is 0 Å². The first-order valence-corrected chi connectivity index (χ1v) is 6.96. The van der Waals surface area contributed by atoms with Gasteiger partial charge < -0.3 is 4.90 Å². The van der Waals surface area contributed by atoms with Crippen LogP contribution >= 0.6 is 0 Å². The van der Waals surface area contributed by atoms with E-state index in [1.807, 2.05) is 0 Å². The van der Waals surface area contributed by atoms with Crippen molar-refractivity contribution >= 4 is 0 Å². The minimum atomic E-state index is 0.893. The van der Waals surface area contributed by atoms with Crippen molar-refractivity contribution in [3.63, 3.8) is 0 Å². The van der Waals surface area contributed by atoms with Crippen LogP contribution in [0.2, 0.25) is 0 Å². The number of hydrogen-bond acceptors (Lipinski definition) is 1. The minimum Gasteiger partial charge on any atom is -0.300 e. The summed E-state index contributed by atoms with van der Waals surface area (Å²) in [4.78, 5) is 2.73. The normalized spacial score (nSPS) is 33.6. The first-order valence-electron chi connectivity index (χ1n) is 6.96. The zero-order valence-electron chi connectivity index (χ0n) is 10.7. The van der Waals surface area contributed by atoms with Crippen LogP contribution in [0.4, 0.5) is 0 Å². The summed E-state index contributed by atoms with van der Waals surface area (Å²) in [5.74, 6) is 2.00. The largest absolute Gasteiger partial charge is 0.300 e. The molecule has 1 nitrogen and oxygen atoms in total. The molecule has 2 aliphatic carbocycles. The van der Waals surface area contributed by atoms with Crippen molar-refractivity contribution in [1.82, 2.24) is 4.90 Å². The van der Waals surface area contributed by atoms with E-state index in [1.165, 1.54) is 44.9 Å². The van der Waals surface area contributed by atoms with Gasteiger partial charge in [0.15, 0.2) is 0 Å². The fourth-order valence-electron chi connectivity index (χ4n) is 3.34. The fraction of sp³-hybridized carbons (Fsp3) is 1.00. The highest BCUT2D eigenvalue weighted by Crippen LogP contribution is 2.41. The molecule has 0 spiro atoms. The standard InChI is InChI=1S/C14H27N/c1-4-6-14(13-10-9-11(13)2)15(3)12-7-5-8-12/h11-14H,4-10H2,1-3H3. The molecule has 0 bridgehead atoms. The summed E-state index contributed by atoms with van der Waals surface area (Å²) in [6, 6.07) is 1.82. The zero-order valence-corrected chi connectivity index (χ0v) is 10.7. The van der Waals surface area contributed by atoms with E-state index >= 15 is 0 Å². The Bertz CT molecular complexity index is 198. The van der Waals surface area contributed by atoms with Gasteiger partial charge >= 0.3 is 0 Å². The Balaban J connectivity index is 1.91. The maximum absolute atomic E-state index is 2.73. The predicted octanol–water partition coefficient (Wildman–Crippen LogP) is 3.69. The predicted molar refractivity (Wildman–Crippen MR) is 66.0 cm³/mol. The molecular formula is C14H27N. The smallest absolute Gasteiger partial charge is 0.0126 e. The first kappa shape index (κ1) is 11.4. The molecule has 3 atom stereocenters. The fourth-order valence-corrected chi connectivity index (χ4v) is 3.34. The maximum atomic E-state index is 2.73. The second-order valence-corrected chi connectivity index (χ2v) is 5.82. The molecule has 0 aromatic rings. The molecule has 88 valence electrons. The third-order valence-corrected chi connectivity index (χ3v) is 4.94. The summed E-state index contributed by atoms with van der Waals surface area (Å²) in [7, 11) is 2.38. The SMILES string of the molecule is CCCC(C1CCC1C)N(C)C1CCC1. The van der Waals surface area contributed by atoms with Gasteiger partial charge in [-0.15, -0.1) is 0 Å². The molecule has 0 amide bonds. The van der Waals surface area contributed by atoms with Gasteiger partial charge in [-0.1, -0.05) is 33.1 Å². The highest BCUT2D eigenvalue weighted by molar-refractivity contribution is 4.91. The lowest BCUT2D eigenvalue weighted by Gasteiger charge is -2.48. The Hall–Kier alpha value is -0.0400. The molecule has 0 radical (unpaired) electrons. The average Bonchev–Trinajstić information content (AvgIpc) is 2.12. The summed E-state index contributed by atoms with van der Waals surface area (Å²) in [5, 5.41) is 0. The lowest BCUT2D eigenvalue weighted by Crippen LogP contribution is -2.50. The molecule has 15 heavy (non-hydrogen) atoms. The van der Waals surface area contributed by atoms with Gasteiger partial charge in [0.1, 0.15) is 0 Å². The Morgan fingerprint density at radius 2 is 1.93 bits per heavy atom. The maximum Gasteiger partial charge on any atom is 0.0126 e. The van der Waals surface area contributed by atoms with Crippen molar-refractivity contribution in [2.45, 2.75) is 70.9 Å². The van der Waals surface area contributed by atoms with E-state index in [0.717, 1.165) is 23.9 Å². The van der Waals surface area contributed by atoms with Crippen LogP contribution < -0.4 is 0 Å². The minimum absolute atomic E-state index is 0.893. The summed E-state index contributed by atoms with van der Waals surface area (Å²) in [6.07, 6.45) is 10.1. The molecule has 0 aliphatic heterocycles. The summed E-state index contributed by atoms with van der Waals surface area (Å²) in [6.45, 7) is 4.79. The molecule has 2 fully saturated rings. The molecule has 2 rings (SSSR count). The van der Waals surface area contributed by atoms with Gasteiger partial charge in [-0.05, 0) is 44.6 Å². The monoisotopic (exact) mass is 209 g/mol. The third-order valence-electron chi connectivity index (χ3n) is 4.94. The van der Waals surface area contributed by atoms with Gasteiger partial charge in [-0.2, -0.15) is 0 Å². The Kier molecular flexibility index (Phi) is 3.71. The van der Waals surface area contributed by atoms with E-state index in [2.05, 4.69) is 25.8 Å². The van der Waals surface area contributed by atoms with E-state index < -0.39 is 0 Å². The zero-order chi connectivity index (χ0) is 10.8. The molecule has 0 heterocycles. The second-order valence-electron chi connectivity index (χ2n) is 5.82. The van der Waals surface area contributed by atoms with Crippen LogP contribution in [0.3, 0.4) is 0 Å². The number of nitrogens with zero attached hydrogens (tertiary/aromatic N) is 1. The van der Waals surface area contributed by atoms with Crippen LogP contribution in [0.1, 0.15) is 58.8 Å². The highest BCUT2D eigenvalue weighted by atomic mass is 15.2. The molecule has 2 aliphatic rings. The molecule has 0 saturated heterocycles. The second kappa shape index (κ2) is 4.86. The van der Waals surface area contributed by atoms with Crippen molar-refractivity contribution in [3.05, 3.63) is 0 Å².